The monoisotopic (exact) mass is 1020 g/mol. The number of carbonyl (C=O) groups is 2. The molecule has 0 spiro atoms. The lowest BCUT2D eigenvalue weighted by Gasteiger charge is -2.33. The molecule has 4 N–H and O–H groups in total. The lowest BCUT2D eigenvalue weighted by molar-refractivity contribution is -0.118. The van der Waals surface area contributed by atoms with Crippen molar-refractivity contribution in [2.45, 2.75) is 75.7 Å². The molecule has 358 valence electrons. The fourth-order valence-corrected chi connectivity index (χ4v) is 10.6. The minimum atomic E-state index is -4.33. The number of nitriles is 2. The molecule has 7 rings (SSSR count). The van der Waals surface area contributed by atoms with Crippen molar-refractivity contribution < 1.29 is 55.6 Å². The number of H-pyrrole nitrogens is 1. The zero-order chi connectivity index (χ0) is 48.8. The fourth-order valence-electron chi connectivity index (χ4n) is 7.04. The van der Waals surface area contributed by atoms with Gasteiger partial charge in [-0.25, -0.2) is 23.7 Å². The summed E-state index contributed by atoms with van der Waals surface area (Å²) in [4.78, 5) is 57.8. The van der Waals surface area contributed by atoms with E-state index in [0.717, 1.165) is 23.4 Å². The minimum absolute atomic E-state index is 0.00494. The highest BCUT2D eigenvalue weighted by Crippen LogP contribution is 2.56. The van der Waals surface area contributed by atoms with Crippen molar-refractivity contribution in [2.75, 3.05) is 37.1 Å². The number of hydrogen-bond acceptors (Lipinski definition) is 19. The fraction of sp³-hybridized carbons (Fsp3) is 0.425. The average Bonchev–Trinajstić information content (AvgIpc) is 4.08. The number of anilines is 2. The van der Waals surface area contributed by atoms with Gasteiger partial charge < -0.3 is 42.6 Å². The molecule has 5 aromatic rings. The van der Waals surface area contributed by atoms with E-state index in [1.54, 1.807) is 44.2 Å². The highest BCUT2D eigenvalue weighted by atomic mass is 32.5. The topological polar surface area (TPSA) is 285 Å². The molecule has 2 fully saturated rings. The smallest absolute Gasteiger partial charge is 0.327 e. The number of halogens is 2. The Balaban J connectivity index is 1.21. The van der Waals surface area contributed by atoms with Gasteiger partial charge in [0.15, 0.2) is 47.8 Å². The number of fused-ring (bicyclic) bond motifs is 2. The first-order valence-electron chi connectivity index (χ1n) is 20.5. The molecular formula is C40H41F2N11O11P2S2. The summed E-state index contributed by atoms with van der Waals surface area (Å²) < 4.78 is 77.3. The van der Waals surface area contributed by atoms with Gasteiger partial charge in [-0.3, -0.25) is 33.8 Å². The summed E-state index contributed by atoms with van der Waals surface area (Å²) in [5.74, 6) is -0.202. The van der Waals surface area contributed by atoms with E-state index >= 15 is 8.78 Å². The standard InChI is InChI=1S/C40H41F2N11O11P2S2/c1-4-40(26(63-65(67)58-14-8-12-43)16-27(62-40)52-17-24(41)28-32(45-20-46-33(28)52)48-36(56)23-10-6-5-7-11-23)19-60-66(68,59-15-9-13-44)64-31-29(42)25(18-54)61-38(31)53-21-47-30-34(53)49-39(51-37(30)57)50-35(55)22(2)3/h1,5-7,10-11,17,20-22,25-27,29,31,38,54,65H,8-9,14-16,18-19H2,2-3H3,(H,45,46,48,56)(H2,49,50,51,55,57)/t25-,26?,27-,29-,31-,38-,40-,66?/m1/s1. The van der Waals surface area contributed by atoms with Crippen LogP contribution in [0.2, 0.25) is 0 Å². The number of rotatable bonds is 20. The second-order valence-corrected chi connectivity index (χ2v) is 20.2. The normalized spacial score (nSPS) is 23.8. The van der Waals surface area contributed by atoms with E-state index in [0.29, 0.717) is 0 Å². The third-order valence-electron chi connectivity index (χ3n) is 10.4. The van der Waals surface area contributed by atoms with Crippen LogP contribution in [0.5, 0.6) is 0 Å². The summed E-state index contributed by atoms with van der Waals surface area (Å²) in [5.41, 5.74) is -2.85. The molecule has 0 saturated carbocycles. The first-order valence-corrected chi connectivity index (χ1v) is 25.5. The number of amides is 2. The Morgan fingerprint density at radius 2 is 1.88 bits per heavy atom. The van der Waals surface area contributed by atoms with Crippen molar-refractivity contribution in [3.05, 3.63) is 70.9 Å². The summed E-state index contributed by atoms with van der Waals surface area (Å²) in [6, 6.07) is 12.0. The lowest BCUT2D eigenvalue weighted by Crippen LogP contribution is -2.43. The minimum Gasteiger partial charge on any atom is -0.394 e. The predicted molar refractivity (Wildman–Crippen MR) is 244 cm³/mol. The van der Waals surface area contributed by atoms with Crippen molar-refractivity contribution in [2.24, 2.45) is 5.92 Å². The molecule has 68 heavy (non-hydrogen) atoms. The quantitative estimate of drug-likeness (QED) is 0.0476. The van der Waals surface area contributed by atoms with Crippen LogP contribution in [-0.2, 0) is 60.5 Å². The van der Waals surface area contributed by atoms with Crippen molar-refractivity contribution in [3.8, 4) is 24.5 Å². The SMILES string of the molecule is C#C[C@]1(COP(=S)(OCCC#N)O[C@@H]2[C@H](F)[C@@H](CO)O[C@H]2n2cnc3c(=O)[nH]c(NC(=O)C(C)C)nc32)O[C@@H](n2cc(F)c3c(NC(=O)c4ccccc4)ncnc32)CC1O[PH](=S)OCCC#N. The van der Waals surface area contributed by atoms with Crippen molar-refractivity contribution in [1.82, 2.24) is 34.1 Å². The number of nitrogens with one attached hydrogen (secondary N) is 3. The van der Waals surface area contributed by atoms with E-state index in [-0.39, 0.29) is 72.0 Å². The molecule has 9 atom stereocenters. The van der Waals surface area contributed by atoms with Gasteiger partial charge in [-0.05, 0) is 35.7 Å². The number of terminal acetylenes is 1. The molecule has 2 amide bonds. The molecule has 2 aliphatic rings. The van der Waals surface area contributed by atoms with Gasteiger partial charge in [-0.15, -0.1) is 6.42 Å². The zero-order valence-corrected chi connectivity index (χ0v) is 39.3. The Morgan fingerprint density at radius 1 is 1.13 bits per heavy atom. The molecule has 22 nitrogen and oxygen atoms in total. The Kier molecular flexibility index (Phi) is 16.2. The van der Waals surface area contributed by atoms with Gasteiger partial charge in [-0.1, -0.05) is 38.0 Å². The highest BCUT2D eigenvalue weighted by molar-refractivity contribution is 8.07. The largest absolute Gasteiger partial charge is 0.394 e. The first kappa shape index (κ1) is 50.4. The number of alkyl halides is 1. The van der Waals surface area contributed by atoms with E-state index in [9.17, 15) is 24.8 Å². The van der Waals surface area contributed by atoms with Crippen LogP contribution in [0.1, 0.15) is 55.9 Å². The van der Waals surface area contributed by atoms with Crippen molar-refractivity contribution in [3.63, 3.8) is 0 Å². The third kappa shape index (κ3) is 10.9. The van der Waals surface area contributed by atoms with Crippen LogP contribution in [0.25, 0.3) is 22.2 Å². The second kappa shape index (κ2) is 21.9. The maximum atomic E-state index is 16.4. The molecule has 28 heteroatoms. The van der Waals surface area contributed by atoms with Crippen LogP contribution in [0.4, 0.5) is 20.5 Å². The number of nitrogens with zero attached hydrogens (tertiary/aromatic N) is 8. The molecule has 0 radical (unpaired) electrons. The maximum absolute atomic E-state index is 16.4. The number of benzene rings is 1. The van der Waals surface area contributed by atoms with Crippen LogP contribution in [-0.4, -0.2) is 107 Å². The summed E-state index contributed by atoms with van der Waals surface area (Å²) in [5, 5.41) is 33.5. The zero-order valence-electron chi connectivity index (χ0n) is 35.8. The third-order valence-corrected chi connectivity index (χ3v) is 14.3. The number of ether oxygens (including phenoxy) is 2. The van der Waals surface area contributed by atoms with Gasteiger partial charge in [0, 0.05) is 24.1 Å². The Bertz CT molecular complexity index is 2950. The van der Waals surface area contributed by atoms with Crippen LogP contribution < -0.4 is 16.2 Å². The van der Waals surface area contributed by atoms with Gasteiger partial charge in [0.1, 0.15) is 36.7 Å². The summed E-state index contributed by atoms with van der Waals surface area (Å²) in [6.07, 6.45) is -0.281. The van der Waals surface area contributed by atoms with Gasteiger partial charge >= 0.3 is 6.72 Å². The molecular weight excluding hydrogens is 975 g/mol. The van der Waals surface area contributed by atoms with Crippen LogP contribution >= 0.6 is 13.9 Å². The Morgan fingerprint density at radius 3 is 2.59 bits per heavy atom. The second-order valence-electron chi connectivity index (χ2n) is 15.2. The highest BCUT2D eigenvalue weighted by Gasteiger charge is 2.54. The summed E-state index contributed by atoms with van der Waals surface area (Å²) >= 11 is 11.3. The van der Waals surface area contributed by atoms with E-state index in [4.69, 9.17) is 67.4 Å². The number of aliphatic hydroxyl groups excluding tert-OH is 1. The lowest BCUT2D eigenvalue weighted by atomic mass is 9.99. The van der Waals surface area contributed by atoms with E-state index in [1.165, 1.54) is 4.57 Å². The number of aromatic amines is 1. The first-order chi connectivity index (χ1) is 32.6. The molecule has 0 aliphatic carbocycles. The number of aromatic nitrogens is 7. The molecule has 2 aliphatic heterocycles. The number of carbonyl (C=O) groups excluding carboxylic acids is 2. The van der Waals surface area contributed by atoms with Crippen molar-refractivity contribution in [1.29, 1.82) is 10.5 Å². The van der Waals surface area contributed by atoms with Crippen LogP contribution in [0.3, 0.4) is 0 Å². The van der Waals surface area contributed by atoms with Gasteiger partial charge in [0.05, 0.1) is 63.1 Å². The van der Waals surface area contributed by atoms with Gasteiger partial charge in [0.25, 0.3) is 11.5 Å². The summed E-state index contributed by atoms with van der Waals surface area (Å²) in [7, 11) is -2.61. The van der Waals surface area contributed by atoms with Crippen LogP contribution in [0.15, 0.2) is 54.0 Å². The molecule has 6 heterocycles. The molecule has 3 unspecified atom stereocenters. The number of aliphatic hydroxyl groups is 1. The Hall–Kier alpha value is -5.49. The number of hydrogen-bond donors (Lipinski definition) is 4. The van der Waals surface area contributed by atoms with E-state index < -0.39 is 98.7 Å². The van der Waals surface area contributed by atoms with Gasteiger partial charge in [-0.2, -0.15) is 15.5 Å². The van der Waals surface area contributed by atoms with Gasteiger partial charge in [0.2, 0.25) is 11.9 Å². The Labute approximate surface area is 396 Å². The summed E-state index contributed by atoms with van der Waals surface area (Å²) in [6.45, 7) is -3.10. The number of imidazole rings is 1. The van der Waals surface area contributed by atoms with E-state index in [1.807, 2.05) is 12.1 Å². The molecule has 2 saturated heterocycles. The van der Waals surface area contributed by atoms with Crippen LogP contribution in [0, 0.1) is 46.7 Å². The maximum Gasteiger partial charge on any atom is 0.327 e. The predicted octanol–water partition coefficient (Wildman–Crippen LogP) is 4.45. The molecule has 1 aromatic carbocycles. The van der Waals surface area contributed by atoms with E-state index in [2.05, 4.69) is 41.5 Å². The average molecular weight is 1020 g/mol. The molecule has 4 aromatic heterocycles. The molecule has 0 bridgehead atoms. The van der Waals surface area contributed by atoms with Crippen molar-refractivity contribution >= 4 is 83.3 Å².